The third-order valence-electron chi connectivity index (χ3n) is 4.62. The molecule has 3 aliphatic rings. The number of fused-ring (bicyclic) bond motifs is 1. The van der Waals surface area contributed by atoms with E-state index in [1.54, 1.807) is 0 Å². The van der Waals surface area contributed by atoms with Gasteiger partial charge in [0.15, 0.2) is 5.78 Å². The van der Waals surface area contributed by atoms with Crippen molar-refractivity contribution in [3.8, 4) is 0 Å². The average molecular weight is 351 g/mol. The van der Waals surface area contributed by atoms with E-state index in [1.807, 2.05) is 36.5 Å². The smallest absolute Gasteiger partial charge is 0.188 e. The summed E-state index contributed by atoms with van der Waals surface area (Å²) >= 11 is 0. The van der Waals surface area contributed by atoms with Crippen molar-refractivity contribution in [1.29, 1.82) is 0 Å². The van der Waals surface area contributed by atoms with Crippen LogP contribution in [0.25, 0.3) is 0 Å². The number of allylic oxidation sites excluding steroid dienone is 7. The van der Waals surface area contributed by atoms with Gasteiger partial charge in [0.05, 0.1) is 23.5 Å². The fourth-order valence-corrected chi connectivity index (χ4v) is 3.15. The summed E-state index contributed by atoms with van der Waals surface area (Å²) in [5.74, 6) is -0.139. The zero-order valence-electron chi connectivity index (χ0n) is 14.9. The van der Waals surface area contributed by atoms with Gasteiger partial charge in [-0.15, -0.1) is 0 Å². The average Bonchev–Trinajstić information content (AvgIpc) is 3.00. The predicted octanol–water partition coefficient (Wildman–Crippen LogP) is 1.52. The molecule has 136 valence electrons. The molecule has 3 rings (SSSR count). The molecule has 2 aliphatic carbocycles. The van der Waals surface area contributed by atoms with Crippen LogP contribution in [0.2, 0.25) is 0 Å². The van der Waals surface area contributed by atoms with Crippen LogP contribution >= 0.6 is 0 Å². The monoisotopic (exact) mass is 351 g/mol. The van der Waals surface area contributed by atoms with E-state index in [1.165, 1.54) is 18.5 Å². The highest BCUT2D eigenvalue weighted by atomic mass is 16.1. The van der Waals surface area contributed by atoms with Crippen LogP contribution in [0, 0.1) is 5.92 Å². The Bertz CT molecular complexity index is 782. The molecule has 0 aromatic heterocycles. The number of nitrogens with one attached hydrogen (secondary N) is 2. The first kappa shape index (κ1) is 17.9. The van der Waals surface area contributed by atoms with Crippen molar-refractivity contribution in [1.82, 2.24) is 10.6 Å². The highest BCUT2D eigenvalue weighted by Crippen LogP contribution is 2.21. The number of ketones is 1. The van der Waals surface area contributed by atoms with Crippen molar-refractivity contribution in [2.24, 2.45) is 22.4 Å². The Hall–Kier alpha value is -2.86. The molecule has 1 fully saturated rings. The normalized spacial score (nSPS) is 28.6. The van der Waals surface area contributed by atoms with Crippen molar-refractivity contribution in [2.45, 2.75) is 32.0 Å². The summed E-state index contributed by atoms with van der Waals surface area (Å²) in [6, 6.07) is 0.320. The highest BCUT2D eigenvalue weighted by molar-refractivity contribution is 6.18. The number of nitrogens with two attached hydrogens (primary N) is 2. The number of carbonyl (C=O) groups is 1. The molecule has 0 radical (unpaired) electrons. The van der Waals surface area contributed by atoms with Crippen LogP contribution in [0.4, 0.5) is 0 Å². The quantitative estimate of drug-likeness (QED) is 0.444. The highest BCUT2D eigenvalue weighted by Gasteiger charge is 2.26. The standard InChI is InChI=1S/C20H25N5O/c1-13-24-18-8-7-16(10-19(18)25-13)23-12-15(11-21)20(26)9-6-14-4-2-3-5-17(14)22/h2-3,5-7,9-14,18,24-25H,4,8,21-22H2,1H3/b9-6+,15-11?,23-12?/t13-,14+,18-/m0/s1. The minimum absolute atomic E-state index is 0.0468. The minimum Gasteiger partial charge on any atom is -0.404 e. The molecule has 0 spiro atoms. The molecule has 0 aromatic rings. The Balaban J connectivity index is 1.62. The van der Waals surface area contributed by atoms with Gasteiger partial charge in [-0.1, -0.05) is 24.3 Å². The molecule has 1 aliphatic heterocycles. The molecule has 1 heterocycles. The Kier molecular flexibility index (Phi) is 5.53. The molecule has 0 amide bonds. The van der Waals surface area contributed by atoms with Gasteiger partial charge in [-0.25, -0.2) is 0 Å². The topological polar surface area (TPSA) is 106 Å². The molecule has 6 nitrogen and oxygen atoms in total. The van der Waals surface area contributed by atoms with Gasteiger partial charge in [0.2, 0.25) is 0 Å². The van der Waals surface area contributed by atoms with Crippen LogP contribution < -0.4 is 22.1 Å². The largest absolute Gasteiger partial charge is 0.404 e. The SMILES string of the molecule is C[C@@H]1NC2=CC(N=CC(=CN)C(=O)/C=C/[C@H]3CC=CC=C3N)=CC[C@@H]2N1. The second-order valence-electron chi connectivity index (χ2n) is 6.59. The first-order valence-corrected chi connectivity index (χ1v) is 8.82. The van der Waals surface area contributed by atoms with Crippen molar-refractivity contribution in [3.05, 3.63) is 71.4 Å². The lowest BCUT2D eigenvalue weighted by molar-refractivity contribution is -0.110. The molecule has 6 heteroatoms. The van der Waals surface area contributed by atoms with E-state index in [0.29, 0.717) is 11.6 Å². The van der Waals surface area contributed by atoms with Gasteiger partial charge >= 0.3 is 0 Å². The number of nitrogens with zero attached hydrogens (tertiary/aromatic N) is 1. The lowest BCUT2D eigenvalue weighted by Crippen LogP contribution is -2.30. The van der Waals surface area contributed by atoms with Gasteiger partial charge in [-0.2, -0.15) is 0 Å². The van der Waals surface area contributed by atoms with Crippen molar-refractivity contribution < 1.29 is 4.79 Å². The van der Waals surface area contributed by atoms with Crippen LogP contribution in [-0.4, -0.2) is 24.2 Å². The van der Waals surface area contributed by atoms with Crippen molar-refractivity contribution in [2.75, 3.05) is 0 Å². The summed E-state index contributed by atoms with van der Waals surface area (Å²) in [7, 11) is 0. The molecule has 26 heavy (non-hydrogen) atoms. The molecule has 6 N–H and O–H groups in total. The van der Waals surface area contributed by atoms with Gasteiger partial charge in [-0.3, -0.25) is 15.1 Å². The van der Waals surface area contributed by atoms with Crippen LogP contribution in [0.15, 0.2) is 76.4 Å². The maximum Gasteiger partial charge on any atom is 0.188 e. The zero-order chi connectivity index (χ0) is 18.5. The Morgan fingerprint density at radius 1 is 1.38 bits per heavy atom. The van der Waals surface area contributed by atoms with Gasteiger partial charge < -0.3 is 16.8 Å². The summed E-state index contributed by atoms with van der Waals surface area (Å²) in [6.07, 6.45) is 17.9. The molecule has 3 atom stereocenters. The second kappa shape index (κ2) is 8.01. The van der Waals surface area contributed by atoms with E-state index in [9.17, 15) is 4.79 Å². The molecular weight excluding hydrogens is 326 g/mol. The summed E-state index contributed by atoms with van der Waals surface area (Å²) in [6.45, 7) is 2.08. The third kappa shape index (κ3) is 4.21. The second-order valence-corrected chi connectivity index (χ2v) is 6.59. The number of hydrogen-bond donors (Lipinski definition) is 4. The van der Waals surface area contributed by atoms with E-state index in [0.717, 1.165) is 29.9 Å². The third-order valence-corrected chi connectivity index (χ3v) is 4.62. The minimum atomic E-state index is -0.185. The molecular formula is C20H25N5O. The molecule has 1 saturated heterocycles. The first-order chi connectivity index (χ1) is 12.6. The fraction of sp³-hybridized carbons (Fsp3) is 0.300. The van der Waals surface area contributed by atoms with Crippen LogP contribution in [0.1, 0.15) is 19.8 Å². The number of carbonyl (C=O) groups excluding carboxylic acids is 1. The summed E-state index contributed by atoms with van der Waals surface area (Å²) in [4.78, 5) is 16.8. The molecule has 0 unspecified atom stereocenters. The Labute approximate surface area is 153 Å². The summed E-state index contributed by atoms with van der Waals surface area (Å²) in [5, 5.41) is 6.80. The van der Waals surface area contributed by atoms with E-state index in [-0.39, 0.29) is 17.9 Å². The maximum absolute atomic E-state index is 12.4. The van der Waals surface area contributed by atoms with Crippen LogP contribution in [-0.2, 0) is 4.79 Å². The maximum atomic E-state index is 12.4. The number of rotatable bonds is 5. The fourth-order valence-electron chi connectivity index (χ4n) is 3.15. The number of hydrogen-bond acceptors (Lipinski definition) is 6. The van der Waals surface area contributed by atoms with E-state index >= 15 is 0 Å². The molecule has 0 bridgehead atoms. The predicted molar refractivity (Wildman–Crippen MR) is 105 cm³/mol. The van der Waals surface area contributed by atoms with Crippen molar-refractivity contribution >= 4 is 12.0 Å². The van der Waals surface area contributed by atoms with E-state index in [2.05, 4.69) is 22.5 Å². The van der Waals surface area contributed by atoms with Gasteiger partial charge in [0, 0.05) is 29.7 Å². The molecule has 0 saturated carbocycles. The summed E-state index contributed by atoms with van der Waals surface area (Å²) < 4.78 is 0. The first-order valence-electron chi connectivity index (χ1n) is 8.82. The molecule has 0 aromatic carbocycles. The summed E-state index contributed by atoms with van der Waals surface area (Å²) in [5.41, 5.74) is 14.6. The Morgan fingerprint density at radius 3 is 3.00 bits per heavy atom. The van der Waals surface area contributed by atoms with Gasteiger partial charge in [0.25, 0.3) is 0 Å². The van der Waals surface area contributed by atoms with E-state index < -0.39 is 0 Å². The Morgan fingerprint density at radius 2 is 2.23 bits per heavy atom. The van der Waals surface area contributed by atoms with Gasteiger partial charge in [-0.05, 0) is 38.0 Å². The van der Waals surface area contributed by atoms with Crippen molar-refractivity contribution in [3.63, 3.8) is 0 Å². The number of aliphatic imine (C=N–C) groups is 1. The van der Waals surface area contributed by atoms with Gasteiger partial charge in [0.1, 0.15) is 0 Å². The lowest BCUT2D eigenvalue weighted by atomic mass is 9.96. The van der Waals surface area contributed by atoms with E-state index in [4.69, 9.17) is 11.5 Å². The van der Waals surface area contributed by atoms with Crippen LogP contribution in [0.3, 0.4) is 0 Å². The van der Waals surface area contributed by atoms with Crippen LogP contribution in [0.5, 0.6) is 0 Å². The lowest BCUT2D eigenvalue weighted by Gasteiger charge is -2.14. The zero-order valence-corrected chi connectivity index (χ0v) is 14.9.